The third kappa shape index (κ3) is 7.24. The van der Waals surface area contributed by atoms with Gasteiger partial charge in [-0.3, -0.25) is 19.8 Å². The summed E-state index contributed by atoms with van der Waals surface area (Å²) in [7, 11) is 0. The van der Waals surface area contributed by atoms with Gasteiger partial charge in [-0.25, -0.2) is 9.97 Å². The fourth-order valence-corrected chi connectivity index (χ4v) is 8.72. The van der Waals surface area contributed by atoms with Crippen LogP contribution in [0.3, 0.4) is 0 Å². The highest BCUT2D eigenvalue weighted by molar-refractivity contribution is 6.00. The smallest absolute Gasteiger partial charge is 0.244 e. The maximum Gasteiger partial charge on any atom is 0.244 e. The maximum absolute atomic E-state index is 12.4. The van der Waals surface area contributed by atoms with Crippen molar-refractivity contribution in [2.75, 3.05) is 60.9 Å². The quantitative estimate of drug-likeness (QED) is 0.195. The molecular formula is C41H46N10O4. The average Bonchev–Trinajstić information content (AvgIpc) is 3.54. The Kier molecular flexibility index (Phi) is 9.62. The fourth-order valence-electron chi connectivity index (χ4n) is 8.72. The van der Waals surface area contributed by atoms with Gasteiger partial charge in [-0.2, -0.15) is 0 Å². The number of nitrogens with one attached hydrogen (secondary N) is 2. The number of hydrogen-bond donors (Lipinski definition) is 4. The second kappa shape index (κ2) is 15.0. The first-order valence-corrected chi connectivity index (χ1v) is 19.4. The molecule has 2 aromatic heterocycles. The third-order valence-electron chi connectivity index (χ3n) is 11.9. The van der Waals surface area contributed by atoms with Gasteiger partial charge in [0.1, 0.15) is 12.0 Å². The summed E-state index contributed by atoms with van der Waals surface area (Å²) in [6.07, 6.45) is 11.4. The van der Waals surface area contributed by atoms with Gasteiger partial charge < -0.3 is 30.2 Å². The van der Waals surface area contributed by atoms with Gasteiger partial charge in [0.2, 0.25) is 17.8 Å². The first-order valence-electron chi connectivity index (χ1n) is 19.4. The highest BCUT2D eigenvalue weighted by Crippen LogP contribution is 2.37. The van der Waals surface area contributed by atoms with E-state index in [2.05, 4.69) is 59.8 Å². The number of phenols is 1. The third-order valence-corrected chi connectivity index (χ3v) is 11.9. The standard InChI is InChI=1S/C41H46N10O4/c52-36-4-2-1-3-32(36)33-20-35-38(47-46-33)42-23-30-25-49(17-18-50(30)35)41-43-21-28(22-44-41)6-5-26-11-14-48(15-12-26)16-13-27-7-8-31-29(19-27)24-51(40(31)55)34-9-10-37(53)45-39(34)54/h1-8,19-22,26,30,34,40,52,55H,9-18,23-25H2,(H,42,47)(H,45,53,54)/b6-5+/t30-,34?,40?/m0/s1. The SMILES string of the molecule is O=C1CCC(N2Cc3cc(CCN4CCC(/C=C/c5cnc(N6CCN7c8cc(-c9ccccc9O)nnc8NC[C@H]7C6)nc5)CC4)ccc3C2O)C(=O)N1. The molecule has 55 heavy (non-hydrogen) atoms. The molecule has 2 amide bonds. The van der Waals surface area contributed by atoms with Gasteiger partial charge in [-0.05, 0) is 79.6 Å². The minimum Gasteiger partial charge on any atom is -0.507 e. The van der Waals surface area contributed by atoms with Crippen molar-refractivity contribution in [3.63, 3.8) is 0 Å². The number of hydrogen-bond acceptors (Lipinski definition) is 13. The molecule has 0 bridgehead atoms. The Morgan fingerprint density at radius 2 is 1.78 bits per heavy atom. The number of amides is 2. The predicted octanol–water partition coefficient (Wildman–Crippen LogP) is 3.34. The molecule has 9 rings (SSSR count). The molecule has 7 heterocycles. The van der Waals surface area contributed by atoms with Crippen molar-refractivity contribution < 1.29 is 19.8 Å². The minimum absolute atomic E-state index is 0.189. The molecule has 3 saturated heterocycles. The van der Waals surface area contributed by atoms with Crippen LogP contribution in [0, 0.1) is 5.92 Å². The molecule has 4 N–H and O–H groups in total. The number of carbonyl (C=O) groups excluding carboxylic acids is 2. The van der Waals surface area contributed by atoms with Crippen molar-refractivity contribution in [3.8, 4) is 17.0 Å². The Hall–Kier alpha value is -5.44. The lowest BCUT2D eigenvalue weighted by Gasteiger charge is -2.45. The molecule has 5 aliphatic heterocycles. The van der Waals surface area contributed by atoms with E-state index in [1.54, 1.807) is 17.0 Å². The largest absolute Gasteiger partial charge is 0.507 e. The molecule has 3 fully saturated rings. The van der Waals surface area contributed by atoms with Crippen molar-refractivity contribution >= 4 is 35.3 Å². The summed E-state index contributed by atoms with van der Waals surface area (Å²) in [5.74, 6) is 1.65. The normalized spacial score (nSPS) is 23.3. The number of nitrogens with zero attached hydrogens (tertiary/aromatic N) is 8. The van der Waals surface area contributed by atoms with Crippen LogP contribution in [0.2, 0.25) is 0 Å². The molecule has 2 unspecified atom stereocenters. The molecule has 284 valence electrons. The Bertz CT molecular complexity index is 2100. The van der Waals surface area contributed by atoms with Crippen molar-refractivity contribution in [2.24, 2.45) is 5.92 Å². The van der Waals surface area contributed by atoms with E-state index in [4.69, 9.17) is 9.97 Å². The lowest BCUT2D eigenvalue weighted by atomic mass is 9.95. The summed E-state index contributed by atoms with van der Waals surface area (Å²) in [6.45, 7) is 6.71. The number of carbonyl (C=O) groups is 2. The van der Waals surface area contributed by atoms with E-state index < -0.39 is 12.3 Å². The number of piperidine rings is 2. The van der Waals surface area contributed by atoms with E-state index in [0.717, 1.165) is 99.2 Å². The number of anilines is 3. The summed E-state index contributed by atoms with van der Waals surface area (Å²) in [5.41, 5.74) is 6.47. The Balaban J connectivity index is 0.739. The topological polar surface area (TPSA) is 163 Å². The summed E-state index contributed by atoms with van der Waals surface area (Å²) < 4.78 is 0. The zero-order valence-corrected chi connectivity index (χ0v) is 30.7. The number of likely N-dealkylation sites (tertiary alicyclic amines) is 1. The number of allylic oxidation sites excluding steroid dienone is 1. The first-order chi connectivity index (χ1) is 26.9. The molecule has 2 aromatic carbocycles. The predicted molar refractivity (Wildman–Crippen MR) is 208 cm³/mol. The second-order valence-electron chi connectivity index (χ2n) is 15.3. The number of piperazine rings is 1. The summed E-state index contributed by atoms with van der Waals surface area (Å²) in [6, 6.07) is 15.2. The lowest BCUT2D eigenvalue weighted by Crippen LogP contribution is -2.58. The number of aliphatic hydroxyl groups excluding tert-OH is 1. The van der Waals surface area contributed by atoms with Crippen LogP contribution in [0.4, 0.5) is 17.5 Å². The van der Waals surface area contributed by atoms with Gasteiger partial charge in [0, 0.05) is 69.2 Å². The van der Waals surface area contributed by atoms with Gasteiger partial charge in [0.15, 0.2) is 5.82 Å². The van der Waals surface area contributed by atoms with Crippen LogP contribution >= 0.6 is 0 Å². The van der Waals surface area contributed by atoms with Crippen molar-refractivity contribution in [2.45, 2.75) is 57.0 Å². The van der Waals surface area contributed by atoms with Crippen molar-refractivity contribution in [3.05, 3.63) is 89.3 Å². The van der Waals surface area contributed by atoms with Crippen LogP contribution in [0.25, 0.3) is 17.3 Å². The van der Waals surface area contributed by atoms with Crippen LogP contribution in [0.15, 0.2) is 67.0 Å². The van der Waals surface area contributed by atoms with Crippen LogP contribution in [-0.4, -0.2) is 110 Å². The Morgan fingerprint density at radius 1 is 0.945 bits per heavy atom. The van der Waals surface area contributed by atoms with Crippen LogP contribution in [-0.2, 0) is 22.6 Å². The number of aromatic nitrogens is 4. The number of phenolic OH excluding ortho intramolecular Hbond substituents is 1. The fraction of sp³-hybridized carbons (Fsp3) is 0.415. The number of benzene rings is 2. The molecular weight excluding hydrogens is 697 g/mol. The van der Waals surface area contributed by atoms with Crippen molar-refractivity contribution in [1.82, 2.24) is 35.3 Å². The summed E-state index contributed by atoms with van der Waals surface area (Å²) >= 11 is 0. The van der Waals surface area contributed by atoms with E-state index >= 15 is 0 Å². The number of aromatic hydroxyl groups is 1. The molecule has 0 radical (unpaired) electrons. The number of aliphatic hydroxyl groups is 1. The number of imide groups is 1. The van der Waals surface area contributed by atoms with Gasteiger partial charge in [0.25, 0.3) is 0 Å². The Morgan fingerprint density at radius 3 is 2.60 bits per heavy atom. The molecule has 0 spiro atoms. The summed E-state index contributed by atoms with van der Waals surface area (Å²) in [5, 5.41) is 35.9. The number of fused-ring (bicyclic) bond motifs is 4. The maximum atomic E-state index is 12.4. The minimum atomic E-state index is -0.830. The molecule has 14 nitrogen and oxygen atoms in total. The average molecular weight is 743 g/mol. The van der Waals surface area contributed by atoms with Crippen LogP contribution in [0.5, 0.6) is 5.75 Å². The summed E-state index contributed by atoms with van der Waals surface area (Å²) in [4.78, 5) is 42.5. The van der Waals surface area contributed by atoms with Gasteiger partial charge in [-0.15, -0.1) is 10.2 Å². The second-order valence-corrected chi connectivity index (χ2v) is 15.3. The lowest BCUT2D eigenvalue weighted by molar-refractivity contribution is -0.141. The van der Waals surface area contributed by atoms with Crippen molar-refractivity contribution in [1.29, 1.82) is 0 Å². The first kappa shape index (κ1) is 35.3. The molecule has 0 saturated carbocycles. The highest BCUT2D eigenvalue weighted by Gasteiger charge is 2.40. The van der Waals surface area contributed by atoms with Crippen LogP contribution < -0.4 is 20.4 Å². The number of rotatable bonds is 8. The van der Waals surface area contributed by atoms with Gasteiger partial charge >= 0.3 is 0 Å². The number of para-hydroxylation sites is 1. The zero-order chi connectivity index (χ0) is 37.5. The monoisotopic (exact) mass is 742 g/mol. The van der Waals surface area contributed by atoms with E-state index in [1.165, 1.54) is 5.56 Å². The molecule has 0 aliphatic carbocycles. The van der Waals surface area contributed by atoms with E-state index in [9.17, 15) is 19.8 Å². The van der Waals surface area contributed by atoms with E-state index in [1.807, 2.05) is 36.7 Å². The van der Waals surface area contributed by atoms with Crippen LogP contribution in [0.1, 0.15) is 54.2 Å². The van der Waals surface area contributed by atoms with E-state index in [-0.39, 0.29) is 23.6 Å². The van der Waals surface area contributed by atoms with E-state index in [0.29, 0.717) is 36.6 Å². The zero-order valence-electron chi connectivity index (χ0n) is 30.7. The molecule has 14 heteroatoms. The Labute approximate surface area is 319 Å². The molecule has 4 aromatic rings. The van der Waals surface area contributed by atoms with Gasteiger partial charge in [0.05, 0.1) is 23.5 Å². The highest BCUT2D eigenvalue weighted by atomic mass is 16.3. The molecule has 3 atom stereocenters. The van der Waals surface area contributed by atoms with Gasteiger partial charge in [-0.1, -0.05) is 42.5 Å². The molecule has 5 aliphatic rings.